The van der Waals surface area contributed by atoms with Crippen molar-refractivity contribution in [2.75, 3.05) is 16.7 Å². The molecule has 1 heterocycles. The Morgan fingerprint density at radius 1 is 1.31 bits per heavy atom. The second kappa shape index (κ2) is 3.60. The zero-order valence-electron chi connectivity index (χ0n) is 8.51. The van der Waals surface area contributed by atoms with Crippen molar-refractivity contribution in [3.63, 3.8) is 0 Å². The van der Waals surface area contributed by atoms with Crippen LogP contribution in [0.15, 0.2) is 24.5 Å². The first-order chi connectivity index (χ1) is 7.46. The lowest BCUT2D eigenvalue weighted by atomic mass is 10.2. The summed E-state index contributed by atoms with van der Waals surface area (Å²) in [6.45, 7) is 0. The van der Waals surface area contributed by atoms with Gasteiger partial charge in [-0.2, -0.15) is 0 Å². The highest BCUT2D eigenvalue weighted by Gasteiger charge is 2.05. The Kier molecular flexibility index (Phi) is 2.39. The molecule has 1 aromatic carbocycles. The summed E-state index contributed by atoms with van der Waals surface area (Å²) < 4.78 is 24.5. The van der Waals surface area contributed by atoms with Crippen LogP contribution in [0.5, 0.6) is 0 Å². The van der Waals surface area contributed by atoms with Crippen molar-refractivity contribution in [2.45, 2.75) is 0 Å². The fourth-order valence-electron chi connectivity index (χ4n) is 1.35. The van der Waals surface area contributed by atoms with Gasteiger partial charge in [0.15, 0.2) is 0 Å². The first kappa shape index (κ1) is 10.6. The average molecular weight is 238 g/mol. The highest BCUT2D eigenvalue weighted by atomic mass is 32.2. The van der Waals surface area contributed by atoms with E-state index >= 15 is 0 Å². The van der Waals surface area contributed by atoms with Gasteiger partial charge < -0.3 is 5.73 Å². The predicted octanol–water partition coefficient (Wildman–Crippen LogP) is 0.584. The Labute approximate surface area is 92.6 Å². The minimum absolute atomic E-state index is 0.321. The summed E-state index contributed by atoms with van der Waals surface area (Å²) in [6.07, 6.45) is 2.45. The van der Waals surface area contributed by atoms with Crippen LogP contribution in [0.4, 0.5) is 11.5 Å². The summed E-state index contributed by atoms with van der Waals surface area (Å²) in [5.41, 5.74) is 6.77. The zero-order chi connectivity index (χ0) is 11.8. The van der Waals surface area contributed by atoms with Crippen LogP contribution >= 0.6 is 0 Å². The average Bonchev–Trinajstić information content (AvgIpc) is 2.17. The largest absolute Gasteiger partial charge is 0.383 e. The summed E-state index contributed by atoms with van der Waals surface area (Å²) in [4.78, 5) is 7.85. The van der Waals surface area contributed by atoms with Gasteiger partial charge in [0.25, 0.3) is 0 Å². The molecule has 0 radical (unpaired) electrons. The van der Waals surface area contributed by atoms with Gasteiger partial charge in [-0.1, -0.05) is 0 Å². The molecule has 16 heavy (non-hydrogen) atoms. The number of sulfonamides is 1. The van der Waals surface area contributed by atoms with Gasteiger partial charge in [-0.15, -0.1) is 0 Å². The molecular weight excluding hydrogens is 228 g/mol. The van der Waals surface area contributed by atoms with Crippen LogP contribution in [0.1, 0.15) is 0 Å². The van der Waals surface area contributed by atoms with Gasteiger partial charge in [-0.25, -0.2) is 18.4 Å². The minimum atomic E-state index is -3.29. The molecule has 84 valence electrons. The molecule has 0 saturated heterocycles. The van der Waals surface area contributed by atoms with E-state index in [4.69, 9.17) is 5.73 Å². The lowest BCUT2D eigenvalue weighted by Gasteiger charge is -2.05. The van der Waals surface area contributed by atoms with E-state index in [1.807, 2.05) is 0 Å². The van der Waals surface area contributed by atoms with Gasteiger partial charge in [0.2, 0.25) is 10.0 Å². The second-order valence-corrected chi connectivity index (χ2v) is 5.11. The molecule has 0 spiro atoms. The Morgan fingerprint density at radius 3 is 2.75 bits per heavy atom. The summed E-state index contributed by atoms with van der Waals surface area (Å²) in [6, 6.07) is 4.91. The Balaban J connectivity index is 2.55. The van der Waals surface area contributed by atoms with E-state index in [1.54, 1.807) is 18.2 Å². The summed E-state index contributed by atoms with van der Waals surface area (Å²) >= 11 is 0. The molecule has 0 aliphatic carbocycles. The number of anilines is 2. The van der Waals surface area contributed by atoms with Gasteiger partial charge in [0.1, 0.15) is 12.1 Å². The maximum absolute atomic E-state index is 11.0. The van der Waals surface area contributed by atoms with Crippen molar-refractivity contribution in [3.8, 4) is 0 Å². The lowest BCUT2D eigenvalue weighted by Crippen LogP contribution is -2.09. The molecule has 7 heteroatoms. The molecule has 0 unspecified atom stereocenters. The third kappa shape index (κ3) is 2.19. The SMILES string of the molecule is CS(=O)(=O)Nc1ccc2ncnc(N)c2c1. The fraction of sp³-hybridized carbons (Fsp3) is 0.111. The molecule has 3 N–H and O–H groups in total. The van der Waals surface area contributed by atoms with Crippen LogP contribution in [0, 0.1) is 0 Å². The van der Waals surface area contributed by atoms with Crippen LogP contribution < -0.4 is 10.5 Å². The van der Waals surface area contributed by atoms with E-state index in [2.05, 4.69) is 14.7 Å². The topological polar surface area (TPSA) is 98.0 Å². The molecule has 0 amide bonds. The van der Waals surface area contributed by atoms with Gasteiger partial charge >= 0.3 is 0 Å². The third-order valence-corrected chi connectivity index (χ3v) is 2.58. The molecule has 1 aromatic heterocycles. The Morgan fingerprint density at radius 2 is 2.06 bits per heavy atom. The normalized spacial score (nSPS) is 11.6. The molecule has 0 aliphatic heterocycles. The van der Waals surface area contributed by atoms with Crippen molar-refractivity contribution >= 4 is 32.4 Å². The van der Waals surface area contributed by atoms with Gasteiger partial charge in [0, 0.05) is 11.1 Å². The van der Waals surface area contributed by atoms with Crippen LogP contribution in [-0.4, -0.2) is 24.6 Å². The number of hydrogen-bond donors (Lipinski definition) is 2. The number of nitrogen functional groups attached to an aromatic ring is 1. The number of aromatic nitrogens is 2. The number of rotatable bonds is 2. The van der Waals surface area contributed by atoms with Crippen molar-refractivity contribution in [2.24, 2.45) is 0 Å². The monoisotopic (exact) mass is 238 g/mol. The number of benzene rings is 1. The molecule has 6 nitrogen and oxygen atoms in total. The van der Waals surface area contributed by atoms with E-state index in [9.17, 15) is 8.42 Å². The van der Waals surface area contributed by atoms with Crippen LogP contribution in [0.2, 0.25) is 0 Å². The van der Waals surface area contributed by atoms with E-state index < -0.39 is 10.0 Å². The molecule has 2 aromatic rings. The molecule has 0 saturated carbocycles. The van der Waals surface area contributed by atoms with Gasteiger partial charge in [-0.05, 0) is 18.2 Å². The zero-order valence-corrected chi connectivity index (χ0v) is 9.32. The molecule has 0 aliphatic rings. The quantitative estimate of drug-likeness (QED) is 0.797. The smallest absolute Gasteiger partial charge is 0.229 e. The van der Waals surface area contributed by atoms with E-state index in [1.165, 1.54) is 6.33 Å². The molecule has 0 fully saturated rings. The predicted molar refractivity (Wildman–Crippen MR) is 62.4 cm³/mol. The maximum Gasteiger partial charge on any atom is 0.229 e. The van der Waals surface area contributed by atoms with Crippen molar-refractivity contribution in [1.82, 2.24) is 9.97 Å². The van der Waals surface area contributed by atoms with E-state index in [0.29, 0.717) is 22.4 Å². The first-order valence-corrected chi connectivity index (χ1v) is 6.33. The van der Waals surface area contributed by atoms with E-state index in [-0.39, 0.29) is 0 Å². The van der Waals surface area contributed by atoms with Crippen molar-refractivity contribution in [3.05, 3.63) is 24.5 Å². The van der Waals surface area contributed by atoms with Crippen LogP contribution in [0.25, 0.3) is 10.9 Å². The number of hydrogen-bond acceptors (Lipinski definition) is 5. The highest BCUT2D eigenvalue weighted by Crippen LogP contribution is 2.21. The second-order valence-electron chi connectivity index (χ2n) is 3.37. The number of fused-ring (bicyclic) bond motifs is 1. The molecule has 2 rings (SSSR count). The molecular formula is C9H10N4O2S. The third-order valence-electron chi connectivity index (χ3n) is 1.97. The fourth-order valence-corrected chi connectivity index (χ4v) is 1.91. The first-order valence-electron chi connectivity index (χ1n) is 4.44. The van der Waals surface area contributed by atoms with Crippen molar-refractivity contribution in [1.29, 1.82) is 0 Å². The summed E-state index contributed by atoms with van der Waals surface area (Å²) in [5, 5.41) is 0.621. The highest BCUT2D eigenvalue weighted by molar-refractivity contribution is 7.92. The van der Waals surface area contributed by atoms with Gasteiger partial charge in [0.05, 0.1) is 11.8 Å². The Hall–Kier alpha value is -1.89. The van der Waals surface area contributed by atoms with E-state index in [0.717, 1.165) is 6.26 Å². The van der Waals surface area contributed by atoms with Crippen molar-refractivity contribution < 1.29 is 8.42 Å². The lowest BCUT2D eigenvalue weighted by molar-refractivity contribution is 0.607. The molecule has 0 bridgehead atoms. The number of nitrogens with two attached hydrogens (primary N) is 1. The molecule has 0 atom stereocenters. The van der Waals surface area contributed by atoms with Crippen LogP contribution in [0.3, 0.4) is 0 Å². The van der Waals surface area contributed by atoms with Gasteiger partial charge in [-0.3, -0.25) is 4.72 Å². The maximum atomic E-state index is 11.0. The number of nitrogens with one attached hydrogen (secondary N) is 1. The summed E-state index contributed by atoms with van der Waals surface area (Å²) in [5.74, 6) is 0.321. The Bertz CT molecular complexity index is 639. The summed E-state index contributed by atoms with van der Waals surface area (Å²) in [7, 11) is -3.29. The number of nitrogens with zero attached hydrogens (tertiary/aromatic N) is 2. The van der Waals surface area contributed by atoms with Crippen LogP contribution in [-0.2, 0) is 10.0 Å². The standard InChI is InChI=1S/C9H10N4O2S/c1-16(14,15)13-6-2-3-8-7(4-6)9(10)12-5-11-8/h2-5,13H,1H3,(H2,10,11,12). The minimum Gasteiger partial charge on any atom is -0.383 e.